The Kier molecular flexibility index (Phi) is 9.62. The van der Waals surface area contributed by atoms with Crippen LogP contribution < -0.4 is 4.90 Å². The van der Waals surface area contributed by atoms with Crippen LogP contribution in [0.1, 0.15) is 39.5 Å². The molecule has 0 saturated heterocycles. The molecule has 0 unspecified atom stereocenters. The third-order valence-corrected chi connectivity index (χ3v) is 4.38. The average molecular weight is 348 g/mol. The van der Waals surface area contributed by atoms with Gasteiger partial charge in [-0.25, -0.2) is 0 Å². The van der Waals surface area contributed by atoms with Crippen LogP contribution in [0.15, 0.2) is 29.2 Å². The number of esters is 1. The van der Waals surface area contributed by atoms with E-state index in [4.69, 9.17) is 10.00 Å². The van der Waals surface area contributed by atoms with Crippen LogP contribution in [-0.4, -0.2) is 30.8 Å². The molecule has 0 spiro atoms. The summed E-state index contributed by atoms with van der Waals surface area (Å²) < 4.78 is 4.96. The highest BCUT2D eigenvalue weighted by Gasteiger charge is 2.17. The van der Waals surface area contributed by atoms with Gasteiger partial charge in [-0.15, -0.1) is 11.8 Å². The first-order chi connectivity index (χ1) is 11.6. The predicted molar refractivity (Wildman–Crippen MR) is 95.9 cm³/mol. The maximum absolute atomic E-state index is 12.3. The Hall–Kier alpha value is -2.00. The fourth-order valence-electron chi connectivity index (χ4n) is 1.97. The summed E-state index contributed by atoms with van der Waals surface area (Å²) in [6.07, 6.45) is 1.92. The number of nitriles is 1. The van der Waals surface area contributed by atoms with Gasteiger partial charge in [0, 0.05) is 17.0 Å². The molecule has 24 heavy (non-hydrogen) atoms. The number of carbonyl (C=O) groups is 2. The normalized spacial score (nSPS) is 10.0. The van der Waals surface area contributed by atoms with Crippen LogP contribution in [0.3, 0.4) is 0 Å². The molecular weight excluding hydrogens is 324 g/mol. The highest BCUT2D eigenvalue weighted by atomic mass is 32.2. The molecule has 130 valence electrons. The molecule has 6 heteroatoms. The van der Waals surface area contributed by atoms with E-state index in [0.717, 1.165) is 23.5 Å². The molecule has 0 aliphatic rings. The van der Waals surface area contributed by atoms with Gasteiger partial charge in [-0.05, 0) is 42.9 Å². The molecule has 0 aromatic heterocycles. The predicted octanol–water partition coefficient (Wildman–Crippen LogP) is 3.78. The number of rotatable bonds is 10. The van der Waals surface area contributed by atoms with Crippen molar-refractivity contribution in [3.63, 3.8) is 0 Å². The number of carbonyl (C=O) groups excluding carboxylic acids is 2. The molecule has 0 radical (unpaired) electrons. The van der Waals surface area contributed by atoms with Crippen LogP contribution >= 0.6 is 11.8 Å². The van der Waals surface area contributed by atoms with Gasteiger partial charge in [0.1, 0.15) is 6.54 Å². The van der Waals surface area contributed by atoms with Gasteiger partial charge in [-0.2, -0.15) is 5.26 Å². The molecule has 1 amide bonds. The summed E-state index contributed by atoms with van der Waals surface area (Å²) in [5.41, 5.74) is 0.671. The van der Waals surface area contributed by atoms with Crippen LogP contribution in [0.25, 0.3) is 0 Å². The monoisotopic (exact) mass is 348 g/mol. The van der Waals surface area contributed by atoms with Gasteiger partial charge in [0.2, 0.25) is 5.91 Å². The van der Waals surface area contributed by atoms with E-state index in [1.165, 1.54) is 4.90 Å². The molecule has 0 aliphatic carbocycles. The Morgan fingerprint density at radius 2 is 1.88 bits per heavy atom. The number of amides is 1. The third-order valence-electron chi connectivity index (χ3n) is 3.16. The summed E-state index contributed by atoms with van der Waals surface area (Å²) >= 11 is 1.75. The van der Waals surface area contributed by atoms with Gasteiger partial charge in [-0.3, -0.25) is 14.5 Å². The van der Waals surface area contributed by atoms with Gasteiger partial charge in [0.05, 0.1) is 19.1 Å². The van der Waals surface area contributed by atoms with E-state index in [1.54, 1.807) is 11.8 Å². The molecule has 0 fully saturated rings. The van der Waals surface area contributed by atoms with Crippen LogP contribution in [0.2, 0.25) is 0 Å². The van der Waals surface area contributed by atoms with Gasteiger partial charge < -0.3 is 4.74 Å². The standard InChI is InChI=1S/C18H24N2O3S/c1-3-13-23-18(22)10-9-17(21)20(12-11-19)15-5-7-16(8-6-15)24-14-4-2/h5-8H,3-4,9-10,12-14H2,1-2H3. The zero-order chi connectivity index (χ0) is 17.8. The van der Waals surface area contributed by atoms with Crippen molar-refractivity contribution in [2.75, 3.05) is 23.8 Å². The molecule has 5 nitrogen and oxygen atoms in total. The van der Waals surface area contributed by atoms with E-state index in [2.05, 4.69) is 6.92 Å². The van der Waals surface area contributed by atoms with Crippen molar-refractivity contribution in [3.8, 4) is 6.07 Å². The molecule has 0 N–H and O–H groups in total. The summed E-state index contributed by atoms with van der Waals surface area (Å²) in [6.45, 7) is 4.37. The zero-order valence-electron chi connectivity index (χ0n) is 14.3. The van der Waals surface area contributed by atoms with Crippen LogP contribution in [-0.2, 0) is 14.3 Å². The second kappa shape index (κ2) is 11.5. The third kappa shape index (κ3) is 7.05. The largest absolute Gasteiger partial charge is 0.466 e. The highest BCUT2D eigenvalue weighted by molar-refractivity contribution is 7.99. The van der Waals surface area contributed by atoms with Crippen LogP contribution in [0, 0.1) is 11.3 Å². The summed E-state index contributed by atoms with van der Waals surface area (Å²) in [5.74, 6) is 0.410. The van der Waals surface area contributed by atoms with Crippen LogP contribution in [0.4, 0.5) is 5.69 Å². The second-order valence-electron chi connectivity index (χ2n) is 5.20. The van der Waals surface area contributed by atoms with Crippen molar-refractivity contribution < 1.29 is 14.3 Å². The quantitative estimate of drug-likeness (QED) is 0.365. The lowest BCUT2D eigenvalue weighted by Crippen LogP contribution is -2.31. The highest BCUT2D eigenvalue weighted by Crippen LogP contribution is 2.23. The number of thioether (sulfide) groups is 1. The molecule has 1 aromatic carbocycles. The maximum Gasteiger partial charge on any atom is 0.306 e. The van der Waals surface area contributed by atoms with E-state index in [9.17, 15) is 9.59 Å². The lowest BCUT2D eigenvalue weighted by atomic mass is 10.2. The second-order valence-corrected chi connectivity index (χ2v) is 6.37. The van der Waals surface area contributed by atoms with Crippen molar-refractivity contribution in [1.29, 1.82) is 5.26 Å². The lowest BCUT2D eigenvalue weighted by Gasteiger charge is -2.20. The molecular formula is C18H24N2O3S. The molecule has 0 saturated carbocycles. The van der Waals surface area contributed by atoms with Gasteiger partial charge in [0.15, 0.2) is 0 Å². The number of ether oxygens (including phenoxy) is 1. The number of nitrogens with zero attached hydrogens (tertiary/aromatic N) is 2. The van der Waals surface area contributed by atoms with Gasteiger partial charge >= 0.3 is 5.97 Å². The maximum atomic E-state index is 12.3. The van der Waals surface area contributed by atoms with E-state index < -0.39 is 0 Å². The summed E-state index contributed by atoms with van der Waals surface area (Å²) in [7, 11) is 0. The van der Waals surface area contributed by atoms with Gasteiger partial charge in [-0.1, -0.05) is 13.8 Å². The molecule has 0 bridgehead atoms. The minimum Gasteiger partial charge on any atom is -0.466 e. The number of hydrogen-bond acceptors (Lipinski definition) is 5. The smallest absolute Gasteiger partial charge is 0.306 e. The first-order valence-electron chi connectivity index (χ1n) is 8.18. The Bertz CT molecular complexity index is 567. The Labute approximate surface area is 148 Å². The molecule has 0 heterocycles. The van der Waals surface area contributed by atoms with E-state index >= 15 is 0 Å². The van der Waals surface area contributed by atoms with Crippen LogP contribution in [0.5, 0.6) is 0 Å². The first kappa shape index (κ1) is 20.0. The van der Waals surface area contributed by atoms with Crippen molar-refractivity contribution in [3.05, 3.63) is 24.3 Å². The lowest BCUT2D eigenvalue weighted by molar-refractivity contribution is -0.144. The number of benzene rings is 1. The number of anilines is 1. The van der Waals surface area contributed by atoms with E-state index in [1.807, 2.05) is 37.3 Å². The van der Waals surface area contributed by atoms with Gasteiger partial charge in [0.25, 0.3) is 0 Å². The van der Waals surface area contributed by atoms with Crippen molar-refractivity contribution in [2.45, 2.75) is 44.4 Å². The van der Waals surface area contributed by atoms with E-state index in [-0.39, 0.29) is 31.3 Å². The molecule has 1 aromatic rings. The fourth-order valence-corrected chi connectivity index (χ4v) is 2.74. The fraction of sp³-hybridized carbons (Fsp3) is 0.500. The Balaban J connectivity index is 2.66. The molecule has 1 rings (SSSR count). The summed E-state index contributed by atoms with van der Waals surface area (Å²) in [4.78, 5) is 26.4. The Morgan fingerprint density at radius 1 is 1.17 bits per heavy atom. The Morgan fingerprint density at radius 3 is 2.46 bits per heavy atom. The van der Waals surface area contributed by atoms with E-state index in [0.29, 0.717) is 12.3 Å². The van der Waals surface area contributed by atoms with Crippen molar-refractivity contribution in [2.24, 2.45) is 0 Å². The first-order valence-corrected chi connectivity index (χ1v) is 9.16. The molecule has 0 atom stereocenters. The minimum absolute atomic E-state index is 0.0329. The summed E-state index contributed by atoms with van der Waals surface area (Å²) in [6, 6.07) is 9.57. The average Bonchev–Trinajstić information content (AvgIpc) is 2.61. The van der Waals surface area contributed by atoms with Crippen molar-refractivity contribution >= 4 is 29.3 Å². The zero-order valence-corrected chi connectivity index (χ0v) is 15.1. The number of hydrogen-bond donors (Lipinski definition) is 0. The topological polar surface area (TPSA) is 70.4 Å². The molecule has 0 aliphatic heterocycles. The SMILES string of the molecule is CCCOC(=O)CCC(=O)N(CC#N)c1ccc(SCCC)cc1. The van der Waals surface area contributed by atoms with Crippen molar-refractivity contribution in [1.82, 2.24) is 0 Å². The minimum atomic E-state index is -0.381. The summed E-state index contributed by atoms with van der Waals surface area (Å²) in [5, 5.41) is 8.97.